The zero-order chi connectivity index (χ0) is 12.3. The first-order valence-electron chi connectivity index (χ1n) is 5.08. The van der Waals surface area contributed by atoms with E-state index < -0.39 is 5.97 Å². The molecule has 0 saturated heterocycles. The van der Waals surface area contributed by atoms with E-state index in [9.17, 15) is 4.79 Å². The van der Waals surface area contributed by atoms with Gasteiger partial charge in [-0.2, -0.15) is 0 Å². The number of carboxylic acids is 1. The van der Waals surface area contributed by atoms with Crippen molar-refractivity contribution in [2.24, 2.45) is 0 Å². The van der Waals surface area contributed by atoms with Crippen LogP contribution in [-0.2, 0) is 13.1 Å². The Morgan fingerprint density at radius 3 is 3.06 bits per heavy atom. The van der Waals surface area contributed by atoms with E-state index in [4.69, 9.17) is 9.52 Å². The number of nitrogens with zero attached hydrogens (tertiary/aromatic N) is 1. The van der Waals surface area contributed by atoms with Crippen molar-refractivity contribution in [3.63, 3.8) is 0 Å². The van der Waals surface area contributed by atoms with Gasteiger partial charge in [0.15, 0.2) is 0 Å². The maximum Gasteiger partial charge on any atom is 0.372 e. The summed E-state index contributed by atoms with van der Waals surface area (Å²) >= 11 is 1.58. The Morgan fingerprint density at radius 2 is 2.41 bits per heavy atom. The van der Waals surface area contributed by atoms with E-state index in [1.54, 1.807) is 17.4 Å². The van der Waals surface area contributed by atoms with Crippen molar-refractivity contribution in [2.45, 2.75) is 20.0 Å². The SMILES string of the molecule is Cc1csc(CNCc2ccoc2C(=O)O)n1. The van der Waals surface area contributed by atoms with Crippen LogP contribution in [0.25, 0.3) is 0 Å². The Balaban J connectivity index is 1.90. The highest BCUT2D eigenvalue weighted by Gasteiger charge is 2.13. The molecule has 6 heteroatoms. The summed E-state index contributed by atoms with van der Waals surface area (Å²) in [6.45, 7) is 3.03. The summed E-state index contributed by atoms with van der Waals surface area (Å²) in [5.41, 5.74) is 1.65. The number of carboxylic acid groups (broad SMARTS) is 1. The number of furan rings is 1. The maximum absolute atomic E-state index is 10.8. The Labute approximate surface area is 102 Å². The Bertz CT molecular complexity index is 518. The highest BCUT2D eigenvalue weighted by Crippen LogP contribution is 2.11. The van der Waals surface area contributed by atoms with Gasteiger partial charge in [-0.1, -0.05) is 0 Å². The normalized spacial score (nSPS) is 10.6. The van der Waals surface area contributed by atoms with Crippen molar-refractivity contribution in [3.05, 3.63) is 39.7 Å². The smallest absolute Gasteiger partial charge is 0.372 e. The molecule has 2 aromatic heterocycles. The Hall–Kier alpha value is -1.66. The van der Waals surface area contributed by atoms with Gasteiger partial charge < -0.3 is 14.8 Å². The predicted molar refractivity (Wildman–Crippen MR) is 63.1 cm³/mol. The molecule has 90 valence electrons. The van der Waals surface area contributed by atoms with Crippen LogP contribution in [0.4, 0.5) is 0 Å². The third kappa shape index (κ3) is 2.92. The largest absolute Gasteiger partial charge is 0.475 e. The topological polar surface area (TPSA) is 75.4 Å². The number of thiazole rings is 1. The summed E-state index contributed by atoms with van der Waals surface area (Å²) in [6.07, 6.45) is 1.38. The van der Waals surface area contributed by atoms with Crippen LogP contribution in [0.1, 0.15) is 26.8 Å². The summed E-state index contributed by atoms with van der Waals surface area (Å²) in [7, 11) is 0. The van der Waals surface area contributed by atoms with Crippen molar-refractivity contribution in [3.8, 4) is 0 Å². The molecule has 2 heterocycles. The predicted octanol–water partition coefficient (Wildman–Crippen LogP) is 2.03. The number of hydrogen-bond donors (Lipinski definition) is 2. The van der Waals surface area contributed by atoms with Crippen LogP contribution in [0, 0.1) is 6.92 Å². The molecule has 0 radical (unpaired) electrons. The van der Waals surface area contributed by atoms with Gasteiger partial charge in [-0.3, -0.25) is 0 Å². The monoisotopic (exact) mass is 252 g/mol. The molecule has 2 rings (SSSR count). The minimum absolute atomic E-state index is 0.00665. The van der Waals surface area contributed by atoms with Crippen LogP contribution in [0.2, 0.25) is 0 Å². The molecule has 17 heavy (non-hydrogen) atoms. The van der Waals surface area contributed by atoms with Gasteiger partial charge in [0.2, 0.25) is 5.76 Å². The number of hydrogen-bond acceptors (Lipinski definition) is 5. The lowest BCUT2D eigenvalue weighted by molar-refractivity contribution is 0.0660. The molecule has 0 aliphatic carbocycles. The van der Waals surface area contributed by atoms with Gasteiger partial charge in [0.1, 0.15) is 5.01 Å². The van der Waals surface area contributed by atoms with Gasteiger partial charge in [0, 0.05) is 29.7 Å². The van der Waals surface area contributed by atoms with Gasteiger partial charge in [0.05, 0.1) is 6.26 Å². The zero-order valence-electron chi connectivity index (χ0n) is 9.27. The molecule has 0 aliphatic rings. The summed E-state index contributed by atoms with van der Waals surface area (Å²) in [5, 5.41) is 15.0. The van der Waals surface area contributed by atoms with Gasteiger partial charge in [-0.15, -0.1) is 11.3 Å². The number of carbonyl (C=O) groups is 1. The molecule has 0 unspecified atom stereocenters. The summed E-state index contributed by atoms with van der Waals surface area (Å²) in [4.78, 5) is 15.1. The van der Waals surface area contributed by atoms with Crippen LogP contribution in [0.15, 0.2) is 22.1 Å². The summed E-state index contributed by atoms with van der Waals surface area (Å²) in [5.74, 6) is -1.05. The molecule has 0 amide bonds. The molecule has 0 aromatic carbocycles. The number of nitrogens with one attached hydrogen (secondary N) is 1. The molecule has 5 nitrogen and oxygen atoms in total. The van der Waals surface area contributed by atoms with Crippen LogP contribution >= 0.6 is 11.3 Å². The number of aryl methyl sites for hydroxylation is 1. The minimum atomic E-state index is -1.04. The molecule has 0 atom stereocenters. The van der Waals surface area contributed by atoms with E-state index in [1.807, 2.05) is 12.3 Å². The van der Waals surface area contributed by atoms with Crippen LogP contribution < -0.4 is 5.32 Å². The van der Waals surface area contributed by atoms with Crippen molar-refractivity contribution in [1.29, 1.82) is 0 Å². The van der Waals surface area contributed by atoms with Crippen LogP contribution in [0.5, 0.6) is 0 Å². The van der Waals surface area contributed by atoms with Crippen molar-refractivity contribution in [2.75, 3.05) is 0 Å². The van der Waals surface area contributed by atoms with Crippen molar-refractivity contribution >= 4 is 17.3 Å². The molecule has 0 fully saturated rings. The van der Waals surface area contributed by atoms with E-state index in [1.165, 1.54) is 6.26 Å². The third-order valence-electron chi connectivity index (χ3n) is 2.20. The average molecular weight is 252 g/mol. The lowest BCUT2D eigenvalue weighted by Crippen LogP contribution is -2.14. The number of aromatic nitrogens is 1. The van der Waals surface area contributed by atoms with E-state index in [-0.39, 0.29) is 5.76 Å². The molecule has 2 aromatic rings. The first kappa shape index (κ1) is 11.8. The second kappa shape index (κ2) is 5.11. The van der Waals surface area contributed by atoms with Gasteiger partial charge in [-0.25, -0.2) is 9.78 Å². The summed E-state index contributed by atoms with van der Waals surface area (Å²) in [6, 6.07) is 1.66. The standard InChI is InChI=1S/C11H12N2O3S/c1-7-6-17-9(13-7)5-12-4-8-2-3-16-10(8)11(14)15/h2-3,6,12H,4-5H2,1H3,(H,14,15). The molecule has 0 bridgehead atoms. The number of rotatable bonds is 5. The fourth-order valence-electron chi connectivity index (χ4n) is 1.45. The molecular weight excluding hydrogens is 240 g/mol. The Morgan fingerprint density at radius 1 is 1.59 bits per heavy atom. The van der Waals surface area contributed by atoms with E-state index >= 15 is 0 Å². The lowest BCUT2D eigenvalue weighted by atomic mass is 10.2. The molecule has 2 N–H and O–H groups in total. The molecule has 0 saturated carbocycles. The molecular formula is C11H12N2O3S. The van der Waals surface area contributed by atoms with E-state index in [2.05, 4.69) is 10.3 Å². The summed E-state index contributed by atoms with van der Waals surface area (Å²) < 4.78 is 4.88. The fourth-order valence-corrected chi connectivity index (χ4v) is 2.19. The minimum Gasteiger partial charge on any atom is -0.475 e. The van der Waals surface area contributed by atoms with E-state index in [0.717, 1.165) is 10.7 Å². The number of aromatic carboxylic acids is 1. The first-order chi connectivity index (χ1) is 8.16. The van der Waals surface area contributed by atoms with Crippen LogP contribution in [-0.4, -0.2) is 16.1 Å². The fraction of sp³-hybridized carbons (Fsp3) is 0.273. The maximum atomic E-state index is 10.8. The highest BCUT2D eigenvalue weighted by atomic mass is 32.1. The molecule has 0 aliphatic heterocycles. The average Bonchev–Trinajstić information content (AvgIpc) is 2.87. The molecule has 0 spiro atoms. The second-order valence-corrected chi connectivity index (χ2v) is 4.51. The quantitative estimate of drug-likeness (QED) is 0.851. The van der Waals surface area contributed by atoms with Gasteiger partial charge in [0.25, 0.3) is 0 Å². The lowest BCUT2D eigenvalue weighted by Gasteiger charge is -2.01. The highest BCUT2D eigenvalue weighted by molar-refractivity contribution is 7.09. The Kier molecular flexibility index (Phi) is 3.55. The first-order valence-corrected chi connectivity index (χ1v) is 5.96. The van der Waals surface area contributed by atoms with Gasteiger partial charge in [-0.05, 0) is 13.0 Å². The van der Waals surface area contributed by atoms with Crippen molar-refractivity contribution in [1.82, 2.24) is 10.3 Å². The van der Waals surface area contributed by atoms with Gasteiger partial charge >= 0.3 is 5.97 Å². The zero-order valence-corrected chi connectivity index (χ0v) is 10.1. The van der Waals surface area contributed by atoms with Crippen molar-refractivity contribution < 1.29 is 14.3 Å². The van der Waals surface area contributed by atoms with E-state index in [0.29, 0.717) is 18.7 Å². The second-order valence-electron chi connectivity index (χ2n) is 3.57. The van der Waals surface area contributed by atoms with Crippen LogP contribution in [0.3, 0.4) is 0 Å². The third-order valence-corrected chi connectivity index (χ3v) is 3.17.